The van der Waals surface area contributed by atoms with Crippen molar-refractivity contribution >= 4 is 17.1 Å². The second kappa shape index (κ2) is 9.75. The summed E-state index contributed by atoms with van der Waals surface area (Å²) in [5, 5.41) is 3.61. The fourth-order valence-electron chi connectivity index (χ4n) is 6.15. The van der Waals surface area contributed by atoms with Crippen molar-refractivity contribution in [1.82, 2.24) is 20.2 Å². The van der Waals surface area contributed by atoms with Crippen LogP contribution in [-0.2, 0) is 0 Å². The Labute approximate surface area is 209 Å². The smallest absolute Gasteiger partial charge is 0.213 e. The largest absolute Gasteiger partial charge is 0.491 e. The van der Waals surface area contributed by atoms with Gasteiger partial charge < -0.3 is 14.8 Å². The second-order valence-electron chi connectivity index (χ2n) is 9.99. The molecule has 0 aliphatic carbocycles. The Balaban J connectivity index is 1.10. The van der Waals surface area contributed by atoms with Gasteiger partial charge in [0.2, 0.25) is 5.88 Å². The van der Waals surface area contributed by atoms with Crippen LogP contribution in [0, 0.1) is 11.6 Å². The fraction of sp³-hybridized carbons (Fsp3) is 0.429. The van der Waals surface area contributed by atoms with E-state index in [0.717, 1.165) is 53.9 Å². The lowest BCUT2D eigenvalue weighted by molar-refractivity contribution is 0.106. The number of hydrogen-bond donors (Lipinski definition) is 1. The number of benzene rings is 1. The van der Waals surface area contributed by atoms with E-state index in [0.29, 0.717) is 37.2 Å². The number of nitrogens with one attached hydrogen (secondary N) is 1. The number of pyridine rings is 2. The number of fused-ring (bicyclic) bond motifs is 5. The predicted molar refractivity (Wildman–Crippen MR) is 134 cm³/mol. The minimum absolute atomic E-state index is 0.252. The van der Waals surface area contributed by atoms with E-state index in [1.165, 1.54) is 18.9 Å². The first-order valence-corrected chi connectivity index (χ1v) is 12.7. The average molecular weight is 493 g/mol. The van der Waals surface area contributed by atoms with Crippen LogP contribution >= 0.6 is 0 Å². The van der Waals surface area contributed by atoms with Gasteiger partial charge in [-0.3, -0.25) is 9.88 Å². The van der Waals surface area contributed by atoms with Crippen LogP contribution in [0.5, 0.6) is 11.6 Å². The summed E-state index contributed by atoms with van der Waals surface area (Å²) in [7, 11) is 1.63. The maximum atomic E-state index is 13.8. The van der Waals surface area contributed by atoms with Crippen molar-refractivity contribution in [1.29, 1.82) is 0 Å². The van der Waals surface area contributed by atoms with Gasteiger partial charge in [-0.2, -0.15) is 0 Å². The molecule has 2 saturated heterocycles. The topological polar surface area (TPSA) is 59.5 Å². The minimum atomic E-state index is -0.428. The Morgan fingerprint density at radius 2 is 2.00 bits per heavy atom. The van der Waals surface area contributed by atoms with E-state index in [1.807, 2.05) is 24.4 Å². The summed E-state index contributed by atoms with van der Waals surface area (Å²) >= 11 is 0. The van der Waals surface area contributed by atoms with Crippen LogP contribution in [0.4, 0.5) is 8.78 Å². The molecule has 2 unspecified atom stereocenters. The number of aromatic nitrogens is 2. The van der Waals surface area contributed by atoms with Crippen LogP contribution < -0.4 is 14.8 Å². The molecule has 1 N–H and O–H groups in total. The van der Waals surface area contributed by atoms with Crippen LogP contribution in [0.1, 0.15) is 42.7 Å². The molecule has 3 aromatic rings. The number of nitrogens with zero attached hydrogens (tertiary/aromatic N) is 3. The lowest BCUT2D eigenvalue weighted by atomic mass is 9.93. The van der Waals surface area contributed by atoms with Crippen molar-refractivity contribution in [3.63, 3.8) is 0 Å². The van der Waals surface area contributed by atoms with Gasteiger partial charge in [0.15, 0.2) is 0 Å². The lowest BCUT2D eigenvalue weighted by Crippen LogP contribution is -2.50. The van der Waals surface area contributed by atoms with Gasteiger partial charge in [0.05, 0.1) is 25.4 Å². The van der Waals surface area contributed by atoms with E-state index in [2.05, 4.69) is 15.2 Å². The Bertz CT molecular complexity index is 1290. The first-order chi connectivity index (χ1) is 17.6. The zero-order chi connectivity index (χ0) is 24.6. The third-order valence-electron chi connectivity index (χ3n) is 7.84. The van der Waals surface area contributed by atoms with Gasteiger partial charge in [0.1, 0.15) is 22.9 Å². The molecule has 2 aromatic heterocycles. The molecule has 6 rings (SSSR count). The number of piperidine rings is 1. The molecule has 2 bridgehead atoms. The summed E-state index contributed by atoms with van der Waals surface area (Å²) in [5.41, 5.74) is 3.16. The number of hydrogen-bond acceptors (Lipinski definition) is 6. The van der Waals surface area contributed by atoms with Crippen LogP contribution in [0.3, 0.4) is 0 Å². The van der Waals surface area contributed by atoms with E-state index in [9.17, 15) is 8.78 Å². The third kappa shape index (κ3) is 4.44. The molecule has 3 atom stereocenters. The monoisotopic (exact) mass is 492 g/mol. The third-order valence-corrected chi connectivity index (χ3v) is 7.84. The first kappa shape index (κ1) is 23.3. The predicted octanol–water partition coefficient (Wildman–Crippen LogP) is 4.69. The Morgan fingerprint density at radius 3 is 2.81 bits per heavy atom. The molecule has 6 nitrogen and oxygen atoms in total. The summed E-state index contributed by atoms with van der Waals surface area (Å²) < 4.78 is 38.6. The average Bonchev–Trinajstić information content (AvgIpc) is 3.40. The van der Waals surface area contributed by atoms with Gasteiger partial charge in [-0.05, 0) is 49.9 Å². The van der Waals surface area contributed by atoms with Crippen molar-refractivity contribution in [2.75, 3.05) is 26.8 Å². The Hall–Kier alpha value is -3.10. The highest BCUT2D eigenvalue weighted by Gasteiger charge is 2.42. The van der Waals surface area contributed by atoms with Gasteiger partial charge in [0.25, 0.3) is 0 Å². The number of rotatable bonds is 7. The van der Waals surface area contributed by atoms with Gasteiger partial charge in [-0.1, -0.05) is 12.2 Å². The molecule has 0 spiro atoms. The highest BCUT2D eigenvalue weighted by atomic mass is 19.1. The zero-order valence-corrected chi connectivity index (χ0v) is 20.3. The molecule has 3 aliphatic rings. The van der Waals surface area contributed by atoms with Crippen molar-refractivity contribution < 1.29 is 18.3 Å². The summed E-state index contributed by atoms with van der Waals surface area (Å²) in [6, 6.07) is 8.80. The van der Waals surface area contributed by atoms with Gasteiger partial charge >= 0.3 is 0 Å². The molecule has 3 aliphatic heterocycles. The number of methoxy groups -OCH3 is 1. The summed E-state index contributed by atoms with van der Waals surface area (Å²) in [6.45, 7) is 2.23. The van der Waals surface area contributed by atoms with Crippen molar-refractivity contribution in [2.24, 2.45) is 0 Å². The molecule has 0 saturated carbocycles. The Kier molecular flexibility index (Phi) is 6.31. The fourth-order valence-corrected chi connectivity index (χ4v) is 6.15. The zero-order valence-electron chi connectivity index (χ0n) is 20.3. The highest BCUT2D eigenvalue weighted by Crippen LogP contribution is 2.42. The molecular weight excluding hydrogens is 462 g/mol. The van der Waals surface area contributed by atoms with E-state index < -0.39 is 11.6 Å². The molecule has 36 heavy (non-hydrogen) atoms. The van der Waals surface area contributed by atoms with Crippen molar-refractivity contribution in [3.05, 3.63) is 65.4 Å². The van der Waals surface area contributed by atoms with Crippen molar-refractivity contribution in [3.8, 4) is 11.6 Å². The maximum Gasteiger partial charge on any atom is 0.213 e. The van der Waals surface area contributed by atoms with E-state index in [-0.39, 0.29) is 11.5 Å². The SMILES string of the molecule is COc1ccc2ncc3c(c2n1)[C@H](CN1C2CCC1CC(NC/C=C/c1cc(F)ccc1F)C2)CO3. The molecule has 8 heteroatoms. The van der Waals surface area contributed by atoms with Crippen LogP contribution in [0.15, 0.2) is 42.6 Å². The second-order valence-corrected chi connectivity index (χ2v) is 9.99. The van der Waals surface area contributed by atoms with E-state index in [1.54, 1.807) is 13.2 Å². The maximum absolute atomic E-state index is 13.8. The van der Waals surface area contributed by atoms with Crippen LogP contribution in [-0.4, -0.2) is 59.8 Å². The molecule has 5 heterocycles. The van der Waals surface area contributed by atoms with Crippen molar-refractivity contribution in [2.45, 2.75) is 49.7 Å². The number of halogens is 2. The highest BCUT2D eigenvalue weighted by molar-refractivity contribution is 5.81. The molecular formula is C28H30F2N4O2. The first-order valence-electron chi connectivity index (χ1n) is 12.7. The molecule has 2 fully saturated rings. The summed E-state index contributed by atoms with van der Waals surface area (Å²) in [6.07, 6.45) is 9.92. The van der Waals surface area contributed by atoms with Crippen LogP contribution in [0.25, 0.3) is 17.1 Å². The van der Waals surface area contributed by atoms with E-state index in [4.69, 9.17) is 14.5 Å². The molecule has 0 amide bonds. The summed E-state index contributed by atoms with van der Waals surface area (Å²) in [4.78, 5) is 11.9. The number of ether oxygens (including phenoxy) is 2. The van der Waals surface area contributed by atoms with Crippen LogP contribution in [0.2, 0.25) is 0 Å². The standard InChI is InChI=1S/C28H30F2N4O2/c1-35-26-9-8-24-28(33-26)27-18(16-36-25(27)14-32-24)15-34-21-5-6-22(34)13-20(12-21)31-10-2-3-17-11-19(29)4-7-23(17)30/h2-4,7-9,11,14,18,20-22,31H,5-6,10,12-13,15-16H2,1H3/b3-2+/t18-,20?,21?,22?/m1/s1. The molecule has 188 valence electrons. The normalized spacial score (nSPS) is 25.4. The summed E-state index contributed by atoms with van der Waals surface area (Å²) in [5.74, 6) is 0.834. The van der Waals surface area contributed by atoms with Gasteiger partial charge in [-0.15, -0.1) is 0 Å². The molecule has 1 aromatic carbocycles. The van der Waals surface area contributed by atoms with Gasteiger partial charge in [-0.25, -0.2) is 13.8 Å². The Morgan fingerprint density at radius 1 is 1.17 bits per heavy atom. The molecule has 0 radical (unpaired) electrons. The minimum Gasteiger partial charge on any atom is -0.491 e. The van der Waals surface area contributed by atoms with E-state index >= 15 is 0 Å². The lowest BCUT2D eigenvalue weighted by Gasteiger charge is -2.40. The van der Waals surface area contributed by atoms with Gasteiger partial charge in [0, 0.05) is 54.3 Å². The quantitative estimate of drug-likeness (QED) is 0.517.